The number of pyridine rings is 1. The van der Waals surface area contributed by atoms with Gasteiger partial charge in [-0.1, -0.05) is 12.1 Å². The van der Waals surface area contributed by atoms with E-state index in [0.717, 1.165) is 35.0 Å². The average molecular weight is 425 g/mol. The standard InChI is InChI=1S/C23H24FN3O4/c1-30-23(29)20-11-19-17(15-31-10-9-26-8-2-3-22(26)28)14-27(21(19)12-25-20)13-16-4-6-18(24)7-5-16/h4-7,11-12,14H,2-3,8-10,13,15H2,1H3. The number of halogens is 1. The molecule has 0 aliphatic carbocycles. The number of fused-ring (bicyclic) bond motifs is 1. The number of carbonyl (C=O) groups is 2. The van der Waals surface area contributed by atoms with E-state index in [1.165, 1.54) is 19.2 Å². The van der Waals surface area contributed by atoms with E-state index in [9.17, 15) is 14.0 Å². The number of amides is 1. The van der Waals surface area contributed by atoms with Crippen molar-refractivity contribution in [2.45, 2.75) is 26.0 Å². The van der Waals surface area contributed by atoms with Crippen LogP contribution in [0.15, 0.2) is 42.7 Å². The lowest BCUT2D eigenvalue weighted by molar-refractivity contribution is -0.128. The van der Waals surface area contributed by atoms with Crippen molar-refractivity contribution in [1.29, 1.82) is 0 Å². The van der Waals surface area contributed by atoms with Crippen molar-refractivity contribution in [2.75, 3.05) is 26.8 Å². The Morgan fingerprint density at radius 2 is 2.06 bits per heavy atom. The van der Waals surface area contributed by atoms with Gasteiger partial charge in [0.05, 0.1) is 32.0 Å². The van der Waals surface area contributed by atoms with Gasteiger partial charge in [-0.3, -0.25) is 4.79 Å². The molecule has 3 aromatic rings. The molecule has 2 aromatic heterocycles. The van der Waals surface area contributed by atoms with E-state index in [0.29, 0.717) is 32.7 Å². The van der Waals surface area contributed by atoms with Gasteiger partial charge in [-0.05, 0) is 30.2 Å². The molecule has 4 rings (SSSR count). The zero-order valence-electron chi connectivity index (χ0n) is 17.3. The molecule has 0 unspecified atom stereocenters. The van der Waals surface area contributed by atoms with Crippen LogP contribution in [0.3, 0.4) is 0 Å². The van der Waals surface area contributed by atoms with Gasteiger partial charge >= 0.3 is 5.97 Å². The Kier molecular flexibility index (Phi) is 6.27. The third-order valence-corrected chi connectivity index (χ3v) is 5.45. The summed E-state index contributed by atoms with van der Waals surface area (Å²) in [6.07, 6.45) is 5.11. The maximum atomic E-state index is 13.2. The first-order chi connectivity index (χ1) is 15.0. The van der Waals surface area contributed by atoms with Gasteiger partial charge in [0.25, 0.3) is 0 Å². The minimum Gasteiger partial charge on any atom is -0.464 e. The van der Waals surface area contributed by atoms with Crippen LogP contribution in [0.2, 0.25) is 0 Å². The third kappa shape index (κ3) is 4.74. The molecule has 31 heavy (non-hydrogen) atoms. The summed E-state index contributed by atoms with van der Waals surface area (Å²) in [5, 5.41) is 0.842. The highest BCUT2D eigenvalue weighted by molar-refractivity contribution is 5.93. The van der Waals surface area contributed by atoms with E-state index in [-0.39, 0.29) is 17.4 Å². The first-order valence-corrected chi connectivity index (χ1v) is 10.2. The van der Waals surface area contributed by atoms with Crippen LogP contribution in [0.4, 0.5) is 4.39 Å². The lowest BCUT2D eigenvalue weighted by atomic mass is 10.2. The number of rotatable bonds is 8. The van der Waals surface area contributed by atoms with Gasteiger partial charge in [-0.25, -0.2) is 14.2 Å². The molecule has 3 heterocycles. The predicted molar refractivity (Wildman–Crippen MR) is 112 cm³/mol. The van der Waals surface area contributed by atoms with E-state index in [2.05, 4.69) is 4.98 Å². The number of ether oxygens (including phenoxy) is 2. The van der Waals surface area contributed by atoms with Crippen molar-refractivity contribution in [2.24, 2.45) is 0 Å². The second-order valence-electron chi connectivity index (χ2n) is 7.52. The average Bonchev–Trinajstić information content (AvgIpc) is 3.35. The van der Waals surface area contributed by atoms with Gasteiger partial charge < -0.3 is 18.9 Å². The highest BCUT2D eigenvalue weighted by atomic mass is 19.1. The first kappa shape index (κ1) is 21.0. The summed E-state index contributed by atoms with van der Waals surface area (Å²) in [7, 11) is 1.32. The maximum Gasteiger partial charge on any atom is 0.356 e. The van der Waals surface area contributed by atoms with Crippen molar-refractivity contribution in [1.82, 2.24) is 14.5 Å². The van der Waals surface area contributed by atoms with Crippen LogP contribution in [-0.2, 0) is 27.4 Å². The van der Waals surface area contributed by atoms with Crippen molar-refractivity contribution < 1.29 is 23.5 Å². The van der Waals surface area contributed by atoms with Crippen molar-refractivity contribution >= 4 is 22.8 Å². The molecule has 0 saturated carbocycles. The number of likely N-dealkylation sites (tertiary alicyclic amines) is 1. The second kappa shape index (κ2) is 9.26. The number of benzene rings is 1. The molecular weight excluding hydrogens is 401 g/mol. The van der Waals surface area contributed by atoms with Gasteiger partial charge in [-0.2, -0.15) is 0 Å². The molecule has 0 radical (unpaired) electrons. The molecule has 1 saturated heterocycles. The molecule has 1 fully saturated rings. The molecule has 8 heteroatoms. The molecule has 1 aliphatic heterocycles. The van der Waals surface area contributed by atoms with E-state index in [1.54, 1.807) is 24.4 Å². The molecule has 0 atom stereocenters. The fourth-order valence-electron chi connectivity index (χ4n) is 3.81. The smallest absolute Gasteiger partial charge is 0.356 e. The van der Waals surface area contributed by atoms with E-state index >= 15 is 0 Å². The summed E-state index contributed by atoms with van der Waals surface area (Å²) < 4.78 is 25.9. The Labute approximate surface area is 179 Å². The number of hydrogen-bond donors (Lipinski definition) is 0. The third-order valence-electron chi connectivity index (χ3n) is 5.45. The second-order valence-corrected chi connectivity index (χ2v) is 7.52. The number of aromatic nitrogens is 2. The molecule has 7 nitrogen and oxygen atoms in total. The summed E-state index contributed by atoms with van der Waals surface area (Å²) in [5.41, 5.74) is 2.90. The summed E-state index contributed by atoms with van der Waals surface area (Å²) in [6.45, 7) is 2.65. The van der Waals surface area contributed by atoms with Crippen LogP contribution >= 0.6 is 0 Å². The summed E-state index contributed by atoms with van der Waals surface area (Å²) >= 11 is 0. The lowest BCUT2D eigenvalue weighted by Crippen LogP contribution is -2.28. The zero-order valence-corrected chi connectivity index (χ0v) is 17.3. The highest BCUT2D eigenvalue weighted by Crippen LogP contribution is 2.24. The summed E-state index contributed by atoms with van der Waals surface area (Å²) in [6, 6.07) is 8.03. The van der Waals surface area contributed by atoms with Gasteiger partial charge in [0.15, 0.2) is 0 Å². The quantitative estimate of drug-likeness (QED) is 0.410. The Hall–Kier alpha value is -3.26. The molecule has 162 valence electrons. The molecular formula is C23H24FN3O4. The Balaban J connectivity index is 1.55. The van der Waals surface area contributed by atoms with E-state index in [1.807, 2.05) is 15.7 Å². The Morgan fingerprint density at radius 1 is 1.26 bits per heavy atom. The number of nitrogens with zero attached hydrogens (tertiary/aromatic N) is 3. The largest absolute Gasteiger partial charge is 0.464 e. The minimum atomic E-state index is -0.507. The molecule has 0 spiro atoms. The van der Waals surface area contributed by atoms with Crippen LogP contribution in [-0.4, -0.2) is 53.1 Å². The lowest BCUT2D eigenvalue weighted by Gasteiger charge is -2.15. The van der Waals surface area contributed by atoms with Gasteiger partial charge in [0.1, 0.15) is 11.5 Å². The SMILES string of the molecule is COC(=O)c1cc2c(COCCN3CCCC3=O)cn(Cc3ccc(F)cc3)c2cn1. The van der Waals surface area contributed by atoms with Crippen LogP contribution in [0.5, 0.6) is 0 Å². The zero-order chi connectivity index (χ0) is 21.8. The monoisotopic (exact) mass is 425 g/mol. The van der Waals surface area contributed by atoms with Gasteiger partial charge in [0.2, 0.25) is 5.91 Å². The Bertz CT molecular complexity index is 1090. The number of methoxy groups -OCH3 is 1. The number of esters is 1. The van der Waals surface area contributed by atoms with Gasteiger partial charge in [0, 0.05) is 43.2 Å². The molecule has 1 aromatic carbocycles. The van der Waals surface area contributed by atoms with E-state index in [4.69, 9.17) is 9.47 Å². The van der Waals surface area contributed by atoms with Crippen LogP contribution in [0.1, 0.15) is 34.5 Å². The molecule has 1 amide bonds. The van der Waals surface area contributed by atoms with Crippen molar-refractivity contribution in [3.8, 4) is 0 Å². The highest BCUT2D eigenvalue weighted by Gasteiger charge is 2.19. The molecule has 0 bridgehead atoms. The first-order valence-electron chi connectivity index (χ1n) is 10.2. The Morgan fingerprint density at radius 3 is 2.77 bits per heavy atom. The summed E-state index contributed by atoms with van der Waals surface area (Å²) in [5.74, 6) is -0.614. The molecule has 0 N–H and O–H groups in total. The minimum absolute atomic E-state index is 0.174. The number of carbonyl (C=O) groups excluding carboxylic acids is 2. The topological polar surface area (TPSA) is 73.7 Å². The van der Waals surface area contributed by atoms with Crippen LogP contribution in [0.25, 0.3) is 10.9 Å². The van der Waals surface area contributed by atoms with Crippen molar-refractivity contribution in [3.05, 3.63) is 65.4 Å². The predicted octanol–water partition coefficient (Wildman–Crippen LogP) is 3.15. The number of hydrogen-bond acceptors (Lipinski definition) is 5. The fraction of sp³-hybridized carbons (Fsp3) is 0.348. The van der Waals surface area contributed by atoms with E-state index < -0.39 is 5.97 Å². The fourth-order valence-corrected chi connectivity index (χ4v) is 3.81. The van der Waals surface area contributed by atoms with Crippen LogP contribution < -0.4 is 0 Å². The van der Waals surface area contributed by atoms with Gasteiger partial charge in [-0.15, -0.1) is 0 Å². The van der Waals surface area contributed by atoms with Crippen molar-refractivity contribution in [3.63, 3.8) is 0 Å². The van der Waals surface area contributed by atoms with Crippen LogP contribution in [0, 0.1) is 5.82 Å². The maximum absolute atomic E-state index is 13.2. The molecule has 1 aliphatic rings. The normalized spacial score (nSPS) is 13.9. The summed E-state index contributed by atoms with van der Waals surface area (Å²) in [4.78, 5) is 29.7.